The molecule has 0 saturated heterocycles. The van der Waals surface area contributed by atoms with Gasteiger partial charge < -0.3 is 21.1 Å². The summed E-state index contributed by atoms with van der Waals surface area (Å²) in [6, 6.07) is 4.26. The monoisotopic (exact) mass is 343 g/mol. The smallest absolute Gasteiger partial charge is 0.251 e. The van der Waals surface area contributed by atoms with E-state index < -0.39 is 17.8 Å². The van der Waals surface area contributed by atoms with Crippen LogP contribution in [0.2, 0.25) is 0 Å². The number of fused-ring (bicyclic) bond motifs is 1. The number of nitrogens with two attached hydrogens (primary N) is 1. The molecule has 3 rings (SSSR count). The molecule has 3 aromatic rings. The second-order valence-corrected chi connectivity index (χ2v) is 5.96. The number of anilines is 1. The number of primary amides is 1. The third kappa shape index (κ3) is 3.03. The number of rotatable bonds is 5. The Hall–Kier alpha value is -3.00. The molecule has 1 unspecified atom stereocenters. The van der Waals surface area contributed by atoms with Crippen molar-refractivity contribution in [1.29, 1.82) is 0 Å². The predicted octanol–water partition coefficient (Wildman–Crippen LogP) is 2.10. The minimum absolute atomic E-state index is 0.0449. The van der Waals surface area contributed by atoms with E-state index in [1.165, 1.54) is 24.5 Å². The molecular formula is C17H18FN5O2. The predicted molar refractivity (Wildman–Crippen MR) is 91.6 cm³/mol. The zero-order chi connectivity index (χ0) is 18.1. The molecule has 2 heterocycles. The van der Waals surface area contributed by atoms with E-state index in [-0.39, 0.29) is 17.2 Å². The minimum Gasteiger partial charge on any atom is -0.383 e. The van der Waals surface area contributed by atoms with Crippen LogP contribution in [-0.4, -0.2) is 32.0 Å². The first kappa shape index (κ1) is 16.8. The number of amides is 1. The molecule has 5 N–H and O–H groups in total. The molecule has 2 aromatic heterocycles. The van der Waals surface area contributed by atoms with Gasteiger partial charge in [0.15, 0.2) is 0 Å². The molecule has 0 aliphatic heterocycles. The second kappa shape index (κ2) is 6.48. The van der Waals surface area contributed by atoms with Gasteiger partial charge in [-0.05, 0) is 19.9 Å². The summed E-state index contributed by atoms with van der Waals surface area (Å²) in [6.07, 6.45) is 1.63. The largest absolute Gasteiger partial charge is 0.383 e. The fourth-order valence-corrected chi connectivity index (χ4v) is 2.70. The number of benzene rings is 1. The van der Waals surface area contributed by atoms with E-state index in [1.54, 1.807) is 6.20 Å². The highest BCUT2D eigenvalue weighted by Crippen LogP contribution is 2.33. The Morgan fingerprint density at radius 1 is 1.32 bits per heavy atom. The van der Waals surface area contributed by atoms with Crippen LogP contribution in [0.25, 0.3) is 11.0 Å². The van der Waals surface area contributed by atoms with Gasteiger partial charge in [-0.3, -0.25) is 4.79 Å². The van der Waals surface area contributed by atoms with Crippen LogP contribution in [-0.2, 0) is 0 Å². The summed E-state index contributed by atoms with van der Waals surface area (Å²) in [5, 5.41) is 14.5. The molecule has 0 aliphatic carbocycles. The van der Waals surface area contributed by atoms with Gasteiger partial charge in [0.25, 0.3) is 5.91 Å². The lowest BCUT2D eigenvalue weighted by molar-refractivity contribution is 0.0995. The first-order chi connectivity index (χ1) is 11.9. The van der Waals surface area contributed by atoms with Crippen LogP contribution in [0, 0.1) is 5.82 Å². The maximum atomic E-state index is 14.6. The number of aliphatic hydroxyl groups is 1. The van der Waals surface area contributed by atoms with Gasteiger partial charge in [-0.2, -0.15) is 0 Å². The zero-order valence-corrected chi connectivity index (χ0v) is 13.7. The van der Waals surface area contributed by atoms with Crippen LogP contribution >= 0.6 is 0 Å². The normalized spacial score (nSPS) is 12.5. The van der Waals surface area contributed by atoms with Gasteiger partial charge in [-0.1, -0.05) is 12.1 Å². The molecule has 7 nitrogen and oxygen atoms in total. The maximum Gasteiger partial charge on any atom is 0.251 e. The number of H-pyrrole nitrogens is 1. The van der Waals surface area contributed by atoms with Crippen LogP contribution in [0.1, 0.15) is 41.4 Å². The van der Waals surface area contributed by atoms with Crippen LogP contribution in [0.5, 0.6) is 0 Å². The van der Waals surface area contributed by atoms with E-state index in [0.29, 0.717) is 22.4 Å². The SMILES string of the molecule is CC(C)Nc1ncnc2[nH]cc(C(O)c3cccc(C(N)=O)c3F)c12. The number of hydrogen-bond donors (Lipinski definition) is 4. The quantitative estimate of drug-likeness (QED) is 0.566. The van der Waals surface area contributed by atoms with E-state index in [0.717, 1.165) is 0 Å². The highest BCUT2D eigenvalue weighted by atomic mass is 19.1. The lowest BCUT2D eigenvalue weighted by atomic mass is 9.98. The fourth-order valence-electron chi connectivity index (χ4n) is 2.70. The third-order valence-corrected chi connectivity index (χ3v) is 3.81. The number of hydrogen-bond acceptors (Lipinski definition) is 5. The van der Waals surface area contributed by atoms with E-state index in [9.17, 15) is 14.3 Å². The van der Waals surface area contributed by atoms with Crippen molar-refractivity contribution in [1.82, 2.24) is 15.0 Å². The number of aromatic nitrogens is 3. The Labute approximate surface area is 143 Å². The summed E-state index contributed by atoms with van der Waals surface area (Å²) < 4.78 is 14.6. The van der Waals surface area contributed by atoms with Gasteiger partial charge in [0, 0.05) is 23.4 Å². The van der Waals surface area contributed by atoms with Gasteiger partial charge in [0.2, 0.25) is 0 Å². The van der Waals surface area contributed by atoms with Crippen molar-refractivity contribution in [2.75, 3.05) is 5.32 Å². The van der Waals surface area contributed by atoms with Crippen molar-refractivity contribution in [3.05, 3.63) is 53.2 Å². The average molecular weight is 343 g/mol. The molecule has 0 saturated carbocycles. The summed E-state index contributed by atoms with van der Waals surface area (Å²) in [6.45, 7) is 3.90. The molecule has 0 spiro atoms. The average Bonchev–Trinajstić information content (AvgIpc) is 2.99. The van der Waals surface area contributed by atoms with E-state index in [1.807, 2.05) is 13.8 Å². The minimum atomic E-state index is -1.31. The first-order valence-corrected chi connectivity index (χ1v) is 7.75. The van der Waals surface area contributed by atoms with Gasteiger partial charge >= 0.3 is 0 Å². The molecule has 0 aliphatic rings. The second-order valence-electron chi connectivity index (χ2n) is 5.96. The Balaban J connectivity index is 2.14. The van der Waals surface area contributed by atoms with Gasteiger partial charge in [-0.15, -0.1) is 0 Å². The van der Waals surface area contributed by atoms with Crippen molar-refractivity contribution in [2.45, 2.75) is 26.0 Å². The third-order valence-electron chi connectivity index (χ3n) is 3.81. The van der Waals surface area contributed by atoms with Crippen LogP contribution < -0.4 is 11.1 Å². The summed E-state index contributed by atoms with van der Waals surface area (Å²) in [5.41, 5.74) is 5.77. The fraction of sp³-hybridized carbons (Fsp3) is 0.235. The van der Waals surface area contributed by atoms with E-state index in [2.05, 4.69) is 20.3 Å². The lowest BCUT2D eigenvalue weighted by Crippen LogP contribution is -2.15. The van der Waals surface area contributed by atoms with E-state index >= 15 is 0 Å². The van der Waals surface area contributed by atoms with Crippen LogP contribution in [0.15, 0.2) is 30.7 Å². The van der Waals surface area contributed by atoms with Crippen LogP contribution in [0.3, 0.4) is 0 Å². The zero-order valence-electron chi connectivity index (χ0n) is 13.7. The first-order valence-electron chi connectivity index (χ1n) is 7.75. The number of aromatic amines is 1. The number of nitrogens with one attached hydrogen (secondary N) is 2. The maximum absolute atomic E-state index is 14.6. The van der Waals surface area contributed by atoms with Crippen molar-refractivity contribution >= 4 is 22.8 Å². The Morgan fingerprint density at radius 3 is 2.76 bits per heavy atom. The Morgan fingerprint density at radius 2 is 2.08 bits per heavy atom. The molecule has 130 valence electrons. The van der Waals surface area contributed by atoms with Crippen molar-refractivity contribution in [3.8, 4) is 0 Å². The number of nitrogens with zero attached hydrogens (tertiary/aromatic N) is 2. The molecule has 1 amide bonds. The molecule has 1 aromatic carbocycles. The highest BCUT2D eigenvalue weighted by molar-refractivity contribution is 5.94. The molecule has 0 radical (unpaired) electrons. The summed E-state index contributed by atoms with van der Waals surface area (Å²) in [4.78, 5) is 22.6. The van der Waals surface area contributed by atoms with Gasteiger partial charge in [0.05, 0.1) is 10.9 Å². The lowest BCUT2D eigenvalue weighted by Gasteiger charge is -2.15. The van der Waals surface area contributed by atoms with Crippen molar-refractivity contribution in [3.63, 3.8) is 0 Å². The summed E-state index contributed by atoms with van der Waals surface area (Å²) >= 11 is 0. The summed E-state index contributed by atoms with van der Waals surface area (Å²) in [7, 11) is 0. The molecule has 0 bridgehead atoms. The number of carbonyl (C=O) groups is 1. The number of halogens is 1. The van der Waals surface area contributed by atoms with Crippen molar-refractivity contribution in [2.24, 2.45) is 5.73 Å². The van der Waals surface area contributed by atoms with Gasteiger partial charge in [0.1, 0.15) is 29.7 Å². The summed E-state index contributed by atoms with van der Waals surface area (Å²) in [5.74, 6) is -1.20. The molecule has 0 fully saturated rings. The molecular weight excluding hydrogens is 325 g/mol. The van der Waals surface area contributed by atoms with Crippen molar-refractivity contribution < 1.29 is 14.3 Å². The molecule has 8 heteroatoms. The number of aliphatic hydroxyl groups excluding tert-OH is 1. The highest BCUT2D eigenvalue weighted by Gasteiger charge is 2.24. The van der Waals surface area contributed by atoms with E-state index in [4.69, 9.17) is 5.73 Å². The topological polar surface area (TPSA) is 117 Å². The standard InChI is InChI=1S/C17H18FN5O2/c1-8(2)23-17-12-11(6-20-16(12)21-7-22-17)14(24)9-4-3-5-10(13(9)18)15(19)25/h3-8,14,24H,1-2H3,(H2,19,25)(H2,20,21,22,23). The van der Waals surface area contributed by atoms with Gasteiger partial charge in [-0.25, -0.2) is 14.4 Å². The Kier molecular flexibility index (Phi) is 4.37. The Bertz CT molecular complexity index is 938. The van der Waals surface area contributed by atoms with Crippen LogP contribution in [0.4, 0.5) is 10.2 Å². The molecule has 25 heavy (non-hydrogen) atoms. The molecule has 1 atom stereocenters. The number of carbonyl (C=O) groups excluding carboxylic acids is 1.